The summed E-state index contributed by atoms with van der Waals surface area (Å²) in [7, 11) is 0. The number of carbonyl (C=O) groups excluding carboxylic acids is 2. The summed E-state index contributed by atoms with van der Waals surface area (Å²) in [6.45, 7) is 0.717. The maximum Gasteiger partial charge on any atom is 0.286 e. The number of nitrogens with zero attached hydrogens (tertiary/aromatic N) is 1. The maximum absolute atomic E-state index is 11.6. The van der Waals surface area contributed by atoms with E-state index >= 15 is 0 Å². The average molecular weight is 273 g/mol. The molecule has 104 valence electrons. The van der Waals surface area contributed by atoms with Crippen molar-refractivity contribution in [3.8, 4) is 0 Å². The fourth-order valence-electron chi connectivity index (χ4n) is 1.57. The Kier molecular flexibility index (Phi) is 4.88. The van der Waals surface area contributed by atoms with Crippen molar-refractivity contribution in [2.45, 2.75) is 13.0 Å². The second-order valence-corrected chi connectivity index (χ2v) is 4.12. The van der Waals surface area contributed by atoms with Crippen molar-refractivity contribution in [2.75, 3.05) is 6.54 Å². The molecular weight excluding hydrogens is 258 g/mol. The van der Waals surface area contributed by atoms with Gasteiger partial charge in [0.2, 0.25) is 5.91 Å². The molecule has 6 heteroatoms. The first-order chi connectivity index (χ1) is 9.75. The molecule has 0 saturated carbocycles. The Morgan fingerprint density at radius 1 is 1.15 bits per heavy atom. The molecule has 2 rings (SSSR count). The predicted octanol–water partition coefficient (Wildman–Crippen LogP) is 1.11. The number of pyridine rings is 1. The molecule has 0 aliphatic heterocycles. The van der Waals surface area contributed by atoms with Gasteiger partial charge in [-0.25, -0.2) is 0 Å². The molecule has 2 amide bonds. The van der Waals surface area contributed by atoms with Crippen LogP contribution in [0, 0.1) is 0 Å². The van der Waals surface area contributed by atoms with Crippen LogP contribution < -0.4 is 10.6 Å². The molecule has 0 radical (unpaired) electrons. The summed E-state index contributed by atoms with van der Waals surface area (Å²) in [4.78, 5) is 27.0. The lowest BCUT2D eigenvalue weighted by molar-refractivity contribution is -0.121. The van der Waals surface area contributed by atoms with Crippen LogP contribution in [0.4, 0.5) is 0 Å². The third-order valence-electron chi connectivity index (χ3n) is 2.62. The molecule has 0 bridgehead atoms. The van der Waals surface area contributed by atoms with E-state index in [4.69, 9.17) is 4.42 Å². The lowest BCUT2D eigenvalue weighted by atomic mass is 10.2. The van der Waals surface area contributed by atoms with Crippen molar-refractivity contribution in [1.29, 1.82) is 0 Å². The lowest BCUT2D eigenvalue weighted by Crippen LogP contribution is -2.30. The molecule has 0 aliphatic rings. The van der Waals surface area contributed by atoms with Crippen LogP contribution in [0.15, 0.2) is 47.3 Å². The molecule has 6 nitrogen and oxygen atoms in total. The normalized spacial score (nSPS) is 10.0. The zero-order valence-electron chi connectivity index (χ0n) is 10.8. The van der Waals surface area contributed by atoms with Crippen molar-refractivity contribution in [3.05, 3.63) is 54.2 Å². The molecule has 0 unspecified atom stereocenters. The molecule has 2 N–H and O–H groups in total. The zero-order chi connectivity index (χ0) is 14.2. The summed E-state index contributed by atoms with van der Waals surface area (Å²) in [5.41, 5.74) is 0.980. The summed E-state index contributed by atoms with van der Waals surface area (Å²) in [6.07, 6.45) is 4.99. The number of carbonyl (C=O) groups is 2. The van der Waals surface area contributed by atoms with Crippen molar-refractivity contribution < 1.29 is 14.0 Å². The van der Waals surface area contributed by atoms with E-state index in [1.165, 1.54) is 6.26 Å². The van der Waals surface area contributed by atoms with Gasteiger partial charge in [-0.1, -0.05) is 0 Å². The molecule has 20 heavy (non-hydrogen) atoms. The quantitative estimate of drug-likeness (QED) is 0.825. The van der Waals surface area contributed by atoms with Crippen LogP contribution in [0.2, 0.25) is 0 Å². The Bertz CT molecular complexity index is 552. The van der Waals surface area contributed by atoms with Crippen LogP contribution in [-0.4, -0.2) is 23.3 Å². The SMILES string of the molecule is O=C(CCNC(=O)c1ccco1)NCc1ccncc1. The molecule has 0 atom stereocenters. The Labute approximate surface area is 116 Å². The number of amides is 2. The van der Waals surface area contributed by atoms with E-state index in [0.29, 0.717) is 6.54 Å². The summed E-state index contributed by atoms with van der Waals surface area (Å²) in [6, 6.07) is 6.87. The number of rotatable bonds is 6. The van der Waals surface area contributed by atoms with Crippen molar-refractivity contribution in [3.63, 3.8) is 0 Å². The zero-order valence-corrected chi connectivity index (χ0v) is 10.8. The van der Waals surface area contributed by atoms with E-state index in [9.17, 15) is 9.59 Å². The van der Waals surface area contributed by atoms with Crippen molar-refractivity contribution in [2.24, 2.45) is 0 Å². The van der Waals surface area contributed by atoms with Gasteiger partial charge in [-0.3, -0.25) is 14.6 Å². The molecular formula is C14H15N3O3. The predicted molar refractivity (Wildman–Crippen MR) is 71.7 cm³/mol. The highest BCUT2D eigenvalue weighted by Gasteiger charge is 2.08. The first kappa shape index (κ1) is 13.8. The number of aromatic nitrogens is 1. The van der Waals surface area contributed by atoms with Crippen LogP contribution in [-0.2, 0) is 11.3 Å². The highest BCUT2D eigenvalue weighted by molar-refractivity contribution is 5.91. The van der Waals surface area contributed by atoms with E-state index in [0.717, 1.165) is 5.56 Å². The highest BCUT2D eigenvalue weighted by Crippen LogP contribution is 1.99. The number of nitrogens with one attached hydrogen (secondary N) is 2. The first-order valence-electron chi connectivity index (χ1n) is 6.23. The molecule has 0 aliphatic carbocycles. The minimum absolute atomic E-state index is 0.124. The van der Waals surface area contributed by atoms with Gasteiger partial charge in [0, 0.05) is 31.9 Å². The van der Waals surface area contributed by atoms with Crippen LogP contribution in [0.25, 0.3) is 0 Å². The van der Waals surface area contributed by atoms with Crippen LogP contribution in [0.5, 0.6) is 0 Å². The van der Waals surface area contributed by atoms with Crippen LogP contribution >= 0.6 is 0 Å². The molecule has 0 aromatic carbocycles. The van der Waals surface area contributed by atoms with Crippen molar-refractivity contribution >= 4 is 11.8 Å². The largest absolute Gasteiger partial charge is 0.459 e. The molecule has 0 saturated heterocycles. The van der Waals surface area contributed by atoms with Gasteiger partial charge in [-0.15, -0.1) is 0 Å². The van der Waals surface area contributed by atoms with Crippen LogP contribution in [0.3, 0.4) is 0 Å². The summed E-state index contributed by atoms with van der Waals surface area (Å²) in [5, 5.41) is 5.38. The Balaban J connectivity index is 1.64. The van der Waals surface area contributed by atoms with Gasteiger partial charge in [0.15, 0.2) is 5.76 Å². The van der Waals surface area contributed by atoms with E-state index in [1.807, 2.05) is 12.1 Å². The van der Waals surface area contributed by atoms with Gasteiger partial charge in [-0.2, -0.15) is 0 Å². The second-order valence-electron chi connectivity index (χ2n) is 4.12. The first-order valence-corrected chi connectivity index (χ1v) is 6.23. The Morgan fingerprint density at radius 3 is 2.65 bits per heavy atom. The maximum atomic E-state index is 11.6. The van der Waals surface area contributed by atoms with E-state index in [2.05, 4.69) is 15.6 Å². The van der Waals surface area contributed by atoms with Gasteiger partial charge in [-0.05, 0) is 29.8 Å². The summed E-state index contributed by atoms with van der Waals surface area (Å²) in [5.74, 6) is -0.208. The molecule has 2 heterocycles. The number of furan rings is 1. The summed E-state index contributed by atoms with van der Waals surface area (Å²) < 4.78 is 4.94. The van der Waals surface area contributed by atoms with E-state index in [-0.39, 0.29) is 30.5 Å². The third-order valence-corrected chi connectivity index (χ3v) is 2.62. The fraction of sp³-hybridized carbons (Fsp3) is 0.214. The molecule has 0 fully saturated rings. The van der Waals surface area contributed by atoms with Crippen molar-refractivity contribution in [1.82, 2.24) is 15.6 Å². The van der Waals surface area contributed by atoms with Gasteiger partial charge >= 0.3 is 0 Å². The van der Waals surface area contributed by atoms with Gasteiger partial charge in [0.1, 0.15) is 0 Å². The van der Waals surface area contributed by atoms with Gasteiger partial charge in [0.25, 0.3) is 5.91 Å². The number of hydrogen-bond donors (Lipinski definition) is 2. The minimum Gasteiger partial charge on any atom is -0.459 e. The van der Waals surface area contributed by atoms with Gasteiger partial charge in [0.05, 0.1) is 6.26 Å². The Morgan fingerprint density at radius 2 is 1.95 bits per heavy atom. The standard InChI is InChI=1S/C14H15N3O3/c18-13(17-10-11-3-6-15-7-4-11)5-8-16-14(19)12-2-1-9-20-12/h1-4,6-7,9H,5,8,10H2,(H,16,19)(H,17,18). The van der Waals surface area contributed by atoms with E-state index < -0.39 is 0 Å². The average Bonchev–Trinajstić information content (AvgIpc) is 3.00. The molecule has 2 aromatic rings. The summed E-state index contributed by atoms with van der Waals surface area (Å²) >= 11 is 0. The molecule has 2 aromatic heterocycles. The minimum atomic E-state index is -0.322. The smallest absolute Gasteiger partial charge is 0.286 e. The molecule has 0 spiro atoms. The van der Waals surface area contributed by atoms with Gasteiger partial charge < -0.3 is 15.1 Å². The number of hydrogen-bond acceptors (Lipinski definition) is 4. The Hall–Kier alpha value is -2.63. The van der Waals surface area contributed by atoms with E-state index in [1.54, 1.807) is 24.5 Å². The highest BCUT2D eigenvalue weighted by atomic mass is 16.3. The monoisotopic (exact) mass is 273 g/mol. The second kappa shape index (κ2) is 7.08. The third kappa shape index (κ3) is 4.24. The topological polar surface area (TPSA) is 84.2 Å². The lowest BCUT2D eigenvalue weighted by Gasteiger charge is -2.05. The fourth-order valence-corrected chi connectivity index (χ4v) is 1.57. The van der Waals surface area contributed by atoms with Crippen LogP contribution in [0.1, 0.15) is 22.5 Å².